The lowest BCUT2D eigenvalue weighted by Crippen LogP contribution is -1.93. The third kappa shape index (κ3) is 2.68. The van der Waals surface area contributed by atoms with Gasteiger partial charge in [0, 0.05) is 12.1 Å². The lowest BCUT2D eigenvalue weighted by molar-refractivity contribution is -0.385. The van der Waals surface area contributed by atoms with Gasteiger partial charge in [-0.05, 0) is 40.5 Å². The minimum atomic E-state index is -0.427. The van der Waals surface area contributed by atoms with Crippen LogP contribution in [-0.4, -0.2) is 4.92 Å². The van der Waals surface area contributed by atoms with Crippen LogP contribution in [-0.2, 0) is 0 Å². The second kappa shape index (κ2) is 5.18. The summed E-state index contributed by atoms with van der Waals surface area (Å²) < 4.78 is 6.08. The van der Waals surface area contributed by atoms with Crippen LogP contribution in [0.2, 0.25) is 0 Å². The molecule has 0 spiro atoms. The molecular formula is C13H10BrNO3. The van der Waals surface area contributed by atoms with Gasteiger partial charge in [0.25, 0.3) is 5.69 Å². The standard InChI is InChI=1S/C13H10BrNO3/c1-9-7-12(15(16)17)11(14)8-13(9)18-10-5-3-2-4-6-10/h2-8H,1H3. The van der Waals surface area contributed by atoms with E-state index in [0.717, 1.165) is 0 Å². The molecule has 18 heavy (non-hydrogen) atoms. The number of aryl methyl sites for hydroxylation is 1. The molecule has 2 aromatic rings. The summed E-state index contributed by atoms with van der Waals surface area (Å²) in [6.45, 7) is 1.78. The van der Waals surface area contributed by atoms with E-state index in [9.17, 15) is 10.1 Å². The van der Waals surface area contributed by atoms with Crippen LogP contribution in [0.1, 0.15) is 5.56 Å². The predicted octanol–water partition coefficient (Wildman–Crippen LogP) is 4.46. The highest BCUT2D eigenvalue weighted by atomic mass is 79.9. The molecule has 5 heteroatoms. The Labute approximate surface area is 112 Å². The van der Waals surface area contributed by atoms with Gasteiger partial charge in [0.1, 0.15) is 11.5 Å². The number of benzene rings is 2. The average Bonchev–Trinajstić information content (AvgIpc) is 2.34. The van der Waals surface area contributed by atoms with Crippen molar-refractivity contribution >= 4 is 21.6 Å². The quantitative estimate of drug-likeness (QED) is 0.621. The van der Waals surface area contributed by atoms with Crippen LogP contribution in [0.15, 0.2) is 46.9 Å². The van der Waals surface area contributed by atoms with Gasteiger partial charge < -0.3 is 4.74 Å². The number of para-hydroxylation sites is 1. The minimum Gasteiger partial charge on any atom is -0.457 e. The molecule has 0 radical (unpaired) electrons. The first kappa shape index (κ1) is 12.6. The molecule has 0 atom stereocenters. The Morgan fingerprint density at radius 3 is 2.50 bits per heavy atom. The Morgan fingerprint density at radius 2 is 1.89 bits per heavy atom. The molecule has 0 aliphatic heterocycles. The summed E-state index contributed by atoms with van der Waals surface area (Å²) in [4.78, 5) is 10.4. The van der Waals surface area contributed by atoms with Gasteiger partial charge in [0.05, 0.1) is 9.40 Å². The maximum Gasteiger partial charge on any atom is 0.284 e. The number of nitro benzene ring substituents is 1. The highest BCUT2D eigenvalue weighted by molar-refractivity contribution is 9.10. The average molecular weight is 308 g/mol. The molecule has 0 N–H and O–H groups in total. The van der Waals surface area contributed by atoms with Crippen molar-refractivity contribution in [3.05, 3.63) is 62.6 Å². The van der Waals surface area contributed by atoms with E-state index >= 15 is 0 Å². The van der Waals surface area contributed by atoms with Crippen molar-refractivity contribution in [3.63, 3.8) is 0 Å². The lowest BCUT2D eigenvalue weighted by Gasteiger charge is -2.09. The first-order valence-corrected chi connectivity index (χ1v) is 6.04. The maximum atomic E-state index is 10.8. The van der Waals surface area contributed by atoms with Crippen molar-refractivity contribution in [1.82, 2.24) is 0 Å². The summed E-state index contributed by atoms with van der Waals surface area (Å²) in [6, 6.07) is 12.4. The first-order chi connectivity index (χ1) is 8.58. The number of nitrogens with zero attached hydrogens (tertiary/aromatic N) is 1. The van der Waals surface area contributed by atoms with E-state index in [1.165, 1.54) is 6.07 Å². The molecule has 0 aliphatic carbocycles. The second-order valence-corrected chi connectivity index (χ2v) is 4.60. The molecule has 92 valence electrons. The van der Waals surface area contributed by atoms with Gasteiger partial charge in [-0.2, -0.15) is 0 Å². The summed E-state index contributed by atoms with van der Waals surface area (Å²) in [5.74, 6) is 1.29. The van der Waals surface area contributed by atoms with Crippen LogP contribution >= 0.6 is 15.9 Å². The topological polar surface area (TPSA) is 52.4 Å². The van der Waals surface area contributed by atoms with Crippen molar-refractivity contribution in [3.8, 4) is 11.5 Å². The van der Waals surface area contributed by atoms with E-state index in [-0.39, 0.29) is 5.69 Å². The van der Waals surface area contributed by atoms with Gasteiger partial charge in [0.15, 0.2) is 0 Å². The minimum absolute atomic E-state index is 0.0351. The van der Waals surface area contributed by atoms with E-state index in [2.05, 4.69) is 15.9 Å². The summed E-state index contributed by atoms with van der Waals surface area (Å²) in [6.07, 6.45) is 0. The number of hydrogen-bond donors (Lipinski definition) is 0. The number of nitro groups is 1. The number of rotatable bonds is 3. The zero-order chi connectivity index (χ0) is 13.1. The molecule has 2 rings (SSSR count). The Bertz CT molecular complexity index is 584. The molecular weight excluding hydrogens is 298 g/mol. The van der Waals surface area contributed by atoms with E-state index in [0.29, 0.717) is 21.5 Å². The molecule has 0 aliphatic rings. The summed E-state index contributed by atoms with van der Waals surface area (Å²) in [7, 11) is 0. The summed E-state index contributed by atoms with van der Waals surface area (Å²) in [5, 5.41) is 10.8. The third-order valence-corrected chi connectivity index (χ3v) is 3.05. The van der Waals surface area contributed by atoms with Crippen LogP contribution in [0.3, 0.4) is 0 Å². The molecule has 2 aromatic carbocycles. The summed E-state index contributed by atoms with van der Waals surface area (Å²) in [5.41, 5.74) is 0.752. The smallest absolute Gasteiger partial charge is 0.284 e. The largest absolute Gasteiger partial charge is 0.457 e. The van der Waals surface area contributed by atoms with Crippen molar-refractivity contribution in [2.45, 2.75) is 6.92 Å². The monoisotopic (exact) mass is 307 g/mol. The summed E-state index contributed by atoms with van der Waals surface area (Å²) >= 11 is 3.17. The van der Waals surface area contributed by atoms with Crippen LogP contribution in [0, 0.1) is 17.0 Å². The second-order valence-electron chi connectivity index (χ2n) is 3.74. The van der Waals surface area contributed by atoms with Gasteiger partial charge in [-0.15, -0.1) is 0 Å². The normalized spacial score (nSPS) is 10.1. The Kier molecular flexibility index (Phi) is 3.62. The van der Waals surface area contributed by atoms with E-state index < -0.39 is 4.92 Å². The van der Waals surface area contributed by atoms with Crippen molar-refractivity contribution < 1.29 is 9.66 Å². The Hall–Kier alpha value is -1.88. The van der Waals surface area contributed by atoms with Crippen molar-refractivity contribution in [2.24, 2.45) is 0 Å². The van der Waals surface area contributed by atoms with Crippen LogP contribution in [0.25, 0.3) is 0 Å². The Morgan fingerprint density at radius 1 is 1.22 bits per heavy atom. The zero-order valence-electron chi connectivity index (χ0n) is 9.59. The van der Waals surface area contributed by atoms with E-state index in [4.69, 9.17) is 4.74 Å². The molecule has 4 nitrogen and oxygen atoms in total. The van der Waals surface area contributed by atoms with Crippen molar-refractivity contribution in [2.75, 3.05) is 0 Å². The van der Waals surface area contributed by atoms with Gasteiger partial charge in [-0.3, -0.25) is 10.1 Å². The molecule has 0 fully saturated rings. The zero-order valence-corrected chi connectivity index (χ0v) is 11.2. The number of ether oxygens (including phenoxy) is 1. The SMILES string of the molecule is Cc1cc([N+](=O)[O-])c(Br)cc1Oc1ccccc1. The van der Waals surface area contributed by atoms with E-state index in [1.54, 1.807) is 13.0 Å². The Balaban J connectivity index is 2.35. The molecule has 0 unspecified atom stereocenters. The highest BCUT2D eigenvalue weighted by Crippen LogP contribution is 2.34. The fraction of sp³-hybridized carbons (Fsp3) is 0.0769. The van der Waals surface area contributed by atoms with Gasteiger partial charge >= 0.3 is 0 Å². The lowest BCUT2D eigenvalue weighted by atomic mass is 10.2. The maximum absolute atomic E-state index is 10.8. The van der Waals surface area contributed by atoms with Gasteiger partial charge in [0.2, 0.25) is 0 Å². The van der Waals surface area contributed by atoms with E-state index in [1.807, 2.05) is 30.3 Å². The number of hydrogen-bond acceptors (Lipinski definition) is 3. The fourth-order valence-corrected chi connectivity index (χ4v) is 1.98. The van der Waals surface area contributed by atoms with Gasteiger partial charge in [-0.25, -0.2) is 0 Å². The molecule has 0 heterocycles. The molecule has 0 amide bonds. The molecule has 0 aromatic heterocycles. The van der Waals surface area contributed by atoms with Crippen LogP contribution in [0.5, 0.6) is 11.5 Å². The molecule has 0 bridgehead atoms. The number of halogens is 1. The molecule has 0 saturated heterocycles. The molecule has 0 saturated carbocycles. The fourth-order valence-electron chi connectivity index (χ4n) is 1.51. The van der Waals surface area contributed by atoms with Crippen LogP contribution in [0.4, 0.5) is 5.69 Å². The van der Waals surface area contributed by atoms with Gasteiger partial charge in [-0.1, -0.05) is 18.2 Å². The third-order valence-electron chi connectivity index (χ3n) is 2.41. The predicted molar refractivity (Wildman–Crippen MR) is 72.0 cm³/mol. The van der Waals surface area contributed by atoms with Crippen LogP contribution < -0.4 is 4.74 Å². The first-order valence-electron chi connectivity index (χ1n) is 5.25. The highest BCUT2D eigenvalue weighted by Gasteiger charge is 2.15. The van der Waals surface area contributed by atoms with Crippen molar-refractivity contribution in [1.29, 1.82) is 0 Å².